The van der Waals surface area contributed by atoms with Gasteiger partial charge in [-0.2, -0.15) is 0 Å². The second kappa shape index (κ2) is 8.71. The first kappa shape index (κ1) is 20.0. The average Bonchev–Trinajstić information content (AvgIpc) is 2.45. The molecule has 0 heterocycles. The average molecular weight is 340 g/mol. The predicted octanol–water partition coefficient (Wildman–Crippen LogP) is 4.27. The van der Waals surface area contributed by atoms with Crippen molar-refractivity contribution < 1.29 is 14.3 Å². The van der Waals surface area contributed by atoms with Crippen molar-refractivity contribution in [2.24, 2.45) is 0 Å². The summed E-state index contributed by atoms with van der Waals surface area (Å²) in [6, 6.07) is 7.78. The second-order valence-corrected chi connectivity index (χ2v) is 12.2. The summed E-state index contributed by atoms with van der Waals surface area (Å²) in [6.45, 7) is 14.9. The summed E-state index contributed by atoms with van der Waals surface area (Å²) < 4.78 is 11.5. The Morgan fingerprint density at radius 3 is 2.30 bits per heavy atom. The molecule has 0 saturated carbocycles. The van der Waals surface area contributed by atoms with Gasteiger partial charge in [-0.3, -0.25) is 0 Å². The van der Waals surface area contributed by atoms with Crippen LogP contribution in [-0.4, -0.2) is 39.3 Å². The second-order valence-electron chi connectivity index (χ2n) is 7.39. The number of hydrogen-bond acceptors (Lipinski definition) is 4. The lowest BCUT2D eigenvalue weighted by molar-refractivity contribution is 0.145. The van der Waals surface area contributed by atoms with Crippen molar-refractivity contribution in [2.45, 2.75) is 58.4 Å². The van der Waals surface area contributed by atoms with Crippen molar-refractivity contribution in [3.8, 4) is 5.75 Å². The number of benzene rings is 1. The van der Waals surface area contributed by atoms with Crippen molar-refractivity contribution in [3.05, 3.63) is 24.3 Å². The molecule has 132 valence electrons. The molecule has 2 N–H and O–H groups in total. The monoisotopic (exact) mass is 339 g/mol. The number of nitrogens with one attached hydrogen (secondary N) is 1. The summed E-state index contributed by atoms with van der Waals surface area (Å²) in [5.74, 6) is 0.862. The molecule has 0 spiro atoms. The summed E-state index contributed by atoms with van der Waals surface area (Å²) in [7, 11) is -1.72. The smallest absolute Gasteiger partial charge is 0.191 e. The van der Waals surface area contributed by atoms with E-state index in [0.717, 1.165) is 11.4 Å². The van der Waals surface area contributed by atoms with Crippen molar-refractivity contribution in [1.82, 2.24) is 0 Å². The van der Waals surface area contributed by atoms with Gasteiger partial charge in [-0.15, -0.1) is 0 Å². The van der Waals surface area contributed by atoms with Crippen LogP contribution in [0.5, 0.6) is 5.75 Å². The SMILES string of the molecule is CCOc1ccc(NCC(O)CCO[Si](C)(C)C(C)(C)C)cc1. The molecule has 0 fully saturated rings. The topological polar surface area (TPSA) is 50.7 Å². The Hall–Kier alpha value is -1.04. The van der Waals surface area contributed by atoms with Crippen LogP contribution in [0, 0.1) is 0 Å². The number of ether oxygens (including phenoxy) is 1. The van der Waals surface area contributed by atoms with Crippen LogP contribution in [0.15, 0.2) is 24.3 Å². The van der Waals surface area contributed by atoms with Gasteiger partial charge < -0.3 is 19.6 Å². The van der Waals surface area contributed by atoms with Crippen LogP contribution < -0.4 is 10.1 Å². The van der Waals surface area contributed by atoms with E-state index in [1.54, 1.807) is 0 Å². The quantitative estimate of drug-likeness (QED) is 0.660. The van der Waals surface area contributed by atoms with Crippen LogP contribution in [0.4, 0.5) is 5.69 Å². The molecule has 5 heteroatoms. The highest BCUT2D eigenvalue weighted by Gasteiger charge is 2.36. The van der Waals surface area contributed by atoms with Crippen LogP contribution in [0.25, 0.3) is 0 Å². The van der Waals surface area contributed by atoms with E-state index in [-0.39, 0.29) is 5.04 Å². The summed E-state index contributed by atoms with van der Waals surface area (Å²) in [4.78, 5) is 0. The molecule has 0 radical (unpaired) electrons. The fourth-order valence-electron chi connectivity index (χ4n) is 1.84. The number of rotatable bonds is 9. The maximum atomic E-state index is 10.1. The third-order valence-electron chi connectivity index (χ3n) is 4.43. The standard InChI is InChI=1S/C18H33NO3Si/c1-7-21-17-10-8-15(9-11-17)19-14-16(20)12-13-22-23(5,6)18(2,3)4/h8-11,16,19-20H,7,12-14H2,1-6H3. The predicted molar refractivity (Wildman–Crippen MR) is 99.9 cm³/mol. The van der Waals surface area contributed by atoms with Crippen LogP contribution in [0.2, 0.25) is 18.1 Å². The van der Waals surface area contributed by atoms with Gasteiger partial charge in [-0.05, 0) is 55.7 Å². The molecule has 0 bridgehead atoms. The number of hydrogen-bond donors (Lipinski definition) is 2. The Kier molecular flexibility index (Phi) is 7.57. The van der Waals surface area contributed by atoms with E-state index < -0.39 is 14.4 Å². The molecule has 23 heavy (non-hydrogen) atoms. The third-order valence-corrected chi connectivity index (χ3v) is 8.97. The lowest BCUT2D eigenvalue weighted by Gasteiger charge is -2.36. The Morgan fingerprint density at radius 2 is 1.78 bits per heavy atom. The molecule has 4 nitrogen and oxygen atoms in total. The largest absolute Gasteiger partial charge is 0.494 e. The Labute approximate surface area is 142 Å². The highest BCUT2D eigenvalue weighted by molar-refractivity contribution is 6.74. The van der Waals surface area contributed by atoms with Crippen LogP contribution in [0.3, 0.4) is 0 Å². The van der Waals surface area contributed by atoms with Crippen molar-refractivity contribution in [3.63, 3.8) is 0 Å². The van der Waals surface area contributed by atoms with E-state index >= 15 is 0 Å². The summed E-state index contributed by atoms with van der Waals surface area (Å²) in [5.41, 5.74) is 0.984. The van der Waals surface area contributed by atoms with Crippen molar-refractivity contribution >= 4 is 14.0 Å². The molecule has 0 aliphatic heterocycles. The number of aliphatic hydroxyl groups excluding tert-OH is 1. The molecular formula is C18H33NO3Si. The van der Waals surface area contributed by atoms with Crippen LogP contribution >= 0.6 is 0 Å². The normalized spacial score (nSPS) is 13.7. The summed E-state index contributed by atoms with van der Waals surface area (Å²) in [6.07, 6.45) is 0.239. The van der Waals surface area contributed by atoms with Crippen molar-refractivity contribution in [2.75, 3.05) is 25.1 Å². The minimum Gasteiger partial charge on any atom is -0.494 e. The molecule has 0 amide bonds. The molecule has 1 atom stereocenters. The summed E-state index contributed by atoms with van der Waals surface area (Å²) >= 11 is 0. The van der Waals surface area contributed by atoms with E-state index in [4.69, 9.17) is 9.16 Å². The maximum Gasteiger partial charge on any atom is 0.191 e. The first-order chi connectivity index (χ1) is 10.7. The van der Waals surface area contributed by atoms with Gasteiger partial charge >= 0.3 is 0 Å². The van der Waals surface area contributed by atoms with Gasteiger partial charge in [0, 0.05) is 18.8 Å². The zero-order valence-electron chi connectivity index (χ0n) is 15.5. The molecule has 0 saturated heterocycles. The molecule has 1 unspecified atom stereocenters. The van der Waals surface area contributed by atoms with Crippen LogP contribution in [0.1, 0.15) is 34.1 Å². The van der Waals surface area contributed by atoms with Gasteiger partial charge in [0.15, 0.2) is 8.32 Å². The minimum absolute atomic E-state index is 0.207. The molecule has 0 aromatic heterocycles. The Morgan fingerprint density at radius 1 is 1.17 bits per heavy atom. The number of anilines is 1. The molecule has 0 aliphatic carbocycles. The third kappa shape index (κ3) is 6.93. The van der Waals surface area contributed by atoms with E-state index in [1.165, 1.54) is 0 Å². The molecule has 0 aliphatic rings. The van der Waals surface area contributed by atoms with Gasteiger partial charge in [0.25, 0.3) is 0 Å². The highest BCUT2D eigenvalue weighted by atomic mass is 28.4. The molecule has 1 aromatic rings. The van der Waals surface area contributed by atoms with E-state index in [9.17, 15) is 5.11 Å². The Balaban J connectivity index is 2.30. The minimum atomic E-state index is -1.72. The van der Waals surface area contributed by atoms with Crippen LogP contribution in [-0.2, 0) is 4.43 Å². The first-order valence-electron chi connectivity index (χ1n) is 8.44. The van der Waals surface area contributed by atoms with E-state index in [0.29, 0.717) is 26.2 Å². The fraction of sp³-hybridized carbons (Fsp3) is 0.667. The zero-order chi connectivity index (χ0) is 17.5. The maximum absolute atomic E-state index is 10.1. The first-order valence-corrected chi connectivity index (χ1v) is 11.4. The molecular weight excluding hydrogens is 306 g/mol. The fourth-order valence-corrected chi connectivity index (χ4v) is 2.90. The lowest BCUT2D eigenvalue weighted by Crippen LogP contribution is -2.41. The molecule has 1 rings (SSSR count). The van der Waals surface area contributed by atoms with Crippen molar-refractivity contribution in [1.29, 1.82) is 0 Å². The van der Waals surface area contributed by atoms with Gasteiger partial charge in [0.1, 0.15) is 5.75 Å². The van der Waals surface area contributed by atoms with E-state index in [1.807, 2.05) is 31.2 Å². The Bertz CT molecular complexity index is 454. The van der Waals surface area contributed by atoms with E-state index in [2.05, 4.69) is 39.2 Å². The molecule has 1 aromatic carbocycles. The van der Waals surface area contributed by atoms with Gasteiger partial charge in [-0.25, -0.2) is 0 Å². The summed E-state index contributed by atoms with van der Waals surface area (Å²) in [5, 5.41) is 13.5. The number of aliphatic hydroxyl groups is 1. The zero-order valence-corrected chi connectivity index (χ0v) is 16.5. The lowest BCUT2D eigenvalue weighted by atomic mass is 10.2. The van der Waals surface area contributed by atoms with Gasteiger partial charge in [0.2, 0.25) is 0 Å². The highest BCUT2D eigenvalue weighted by Crippen LogP contribution is 2.36. The van der Waals surface area contributed by atoms with Gasteiger partial charge in [0.05, 0.1) is 12.7 Å². The van der Waals surface area contributed by atoms with Gasteiger partial charge in [-0.1, -0.05) is 20.8 Å².